The SMILES string of the molecule is COc1cccc2cc(C(=O)Nc3nc4c(s3)CCCC4)oc12. The second-order valence-corrected chi connectivity index (χ2v) is 6.62. The van der Waals surface area contributed by atoms with E-state index in [0.29, 0.717) is 16.5 Å². The summed E-state index contributed by atoms with van der Waals surface area (Å²) in [6.07, 6.45) is 4.44. The van der Waals surface area contributed by atoms with Crippen LogP contribution in [0.25, 0.3) is 11.0 Å². The molecule has 2 aromatic heterocycles. The molecule has 0 radical (unpaired) electrons. The number of fused-ring (bicyclic) bond motifs is 2. The number of hydrogen-bond donors (Lipinski definition) is 1. The van der Waals surface area contributed by atoms with Crippen molar-refractivity contribution in [1.29, 1.82) is 0 Å². The number of para-hydroxylation sites is 1. The molecule has 1 amide bonds. The van der Waals surface area contributed by atoms with Crippen LogP contribution in [-0.2, 0) is 12.8 Å². The Morgan fingerprint density at radius 3 is 3.04 bits per heavy atom. The molecule has 0 fully saturated rings. The van der Waals surface area contributed by atoms with E-state index in [1.54, 1.807) is 24.5 Å². The van der Waals surface area contributed by atoms with Gasteiger partial charge in [-0.05, 0) is 37.8 Å². The standard InChI is InChI=1S/C17H16N2O3S/c1-21-12-7-4-5-10-9-13(22-15(10)12)16(20)19-17-18-11-6-2-3-8-14(11)23-17/h4-5,7,9H,2-3,6,8H2,1H3,(H,18,19,20). The van der Waals surface area contributed by atoms with Crippen molar-refractivity contribution in [2.75, 3.05) is 12.4 Å². The lowest BCUT2D eigenvalue weighted by Crippen LogP contribution is -2.10. The van der Waals surface area contributed by atoms with E-state index in [-0.39, 0.29) is 11.7 Å². The molecule has 2 heterocycles. The molecule has 1 aliphatic rings. The van der Waals surface area contributed by atoms with Crippen molar-refractivity contribution in [3.8, 4) is 5.75 Å². The van der Waals surface area contributed by atoms with Crippen molar-refractivity contribution >= 4 is 33.3 Å². The zero-order valence-corrected chi connectivity index (χ0v) is 13.5. The van der Waals surface area contributed by atoms with E-state index in [9.17, 15) is 4.79 Å². The minimum atomic E-state index is -0.283. The van der Waals surface area contributed by atoms with Gasteiger partial charge in [-0.2, -0.15) is 0 Å². The van der Waals surface area contributed by atoms with E-state index in [0.717, 1.165) is 23.9 Å². The number of rotatable bonds is 3. The van der Waals surface area contributed by atoms with Crippen LogP contribution in [0.4, 0.5) is 5.13 Å². The number of aromatic nitrogens is 1. The molecule has 0 unspecified atom stereocenters. The van der Waals surface area contributed by atoms with E-state index in [1.807, 2.05) is 18.2 Å². The molecular formula is C17H16N2O3S. The maximum absolute atomic E-state index is 12.4. The predicted octanol–water partition coefficient (Wildman–Crippen LogP) is 4.03. The summed E-state index contributed by atoms with van der Waals surface area (Å²) in [5, 5.41) is 4.34. The zero-order valence-electron chi connectivity index (χ0n) is 12.7. The molecule has 0 spiro atoms. The molecule has 1 aromatic carbocycles. The number of carbonyl (C=O) groups excluding carboxylic acids is 1. The minimum Gasteiger partial charge on any atom is -0.493 e. The first kappa shape index (κ1) is 14.3. The fourth-order valence-corrected chi connectivity index (χ4v) is 3.92. The molecule has 6 heteroatoms. The van der Waals surface area contributed by atoms with Crippen molar-refractivity contribution in [3.63, 3.8) is 0 Å². The molecule has 0 aliphatic heterocycles. The molecule has 1 N–H and O–H groups in total. The number of furan rings is 1. The smallest absolute Gasteiger partial charge is 0.293 e. The Labute approximate surface area is 137 Å². The van der Waals surface area contributed by atoms with Gasteiger partial charge in [-0.25, -0.2) is 4.98 Å². The second kappa shape index (κ2) is 5.70. The Morgan fingerprint density at radius 1 is 1.35 bits per heavy atom. The number of methoxy groups -OCH3 is 1. The molecule has 3 aromatic rings. The molecule has 0 saturated carbocycles. The summed E-state index contributed by atoms with van der Waals surface area (Å²) in [6.45, 7) is 0. The summed E-state index contributed by atoms with van der Waals surface area (Å²) in [6, 6.07) is 7.29. The average molecular weight is 328 g/mol. The first-order valence-electron chi connectivity index (χ1n) is 7.61. The Morgan fingerprint density at radius 2 is 2.22 bits per heavy atom. The number of hydrogen-bond acceptors (Lipinski definition) is 5. The van der Waals surface area contributed by atoms with Gasteiger partial charge in [-0.15, -0.1) is 11.3 Å². The van der Waals surface area contributed by atoms with Gasteiger partial charge in [0.2, 0.25) is 0 Å². The number of anilines is 1. The van der Waals surface area contributed by atoms with Gasteiger partial charge in [0.1, 0.15) is 0 Å². The van der Waals surface area contributed by atoms with Crippen LogP contribution in [-0.4, -0.2) is 18.0 Å². The molecule has 1 aliphatic carbocycles. The fourth-order valence-electron chi connectivity index (χ4n) is 2.87. The lowest BCUT2D eigenvalue weighted by Gasteiger charge is -2.06. The van der Waals surface area contributed by atoms with Gasteiger partial charge in [0, 0.05) is 10.3 Å². The van der Waals surface area contributed by atoms with Crippen molar-refractivity contribution in [2.24, 2.45) is 0 Å². The van der Waals surface area contributed by atoms with Crippen LogP contribution in [0.2, 0.25) is 0 Å². The maximum atomic E-state index is 12.4. The van der Waals surface area contributed by atoms with E-state index in [1.165, 1.54) is 17.7 Å². The molecular weight excluding hydrogens is 312 g/mol. The van der Waals surface area contributed by atoms with Crippen LogP contribution in [0, 0.1) is 0 Å². The summed E-state index contributed by atoms with van der Waals surface area (Å²) >= 11 is 1.56. The highest BCUT2D eigenvalue weighted by Gasteiger charge is 2.19. The van der Waals surface area contributed by atoms with Crippen LogP contribution in [0.15, 0.2) is 28.7 Å². The summed E-state index contributed by atoms with van der Waals surface area (Å²) in [4.78, 5) is 18.2. The van der Waals surface area contributed by atoms with Gasteiger partial charge in [-0.1, -0.05) is 12.1 Å². The molecule has 0 bridgehead atoms. The van der Waals surface area contributed by atoms with Gasteiger partial charge in [0.25, 0.3) is 5.91 Å². The number of nitrogens with one attached hydrogen (secondary N) is 1. The average Bonchev–Trinajstić information content (AvgIpc) is 3.17. The van der Waals surface area contributed by atoms with E-state index < -0.39 is 0 Å². The summed E-state index contributed by atoms with van der Waals surface area (Å²) in [7, 11) is 1.58. The first-order chi connectivity index (χ1) is 11.2. The highest BCUT2D eigenvalue weighted by atomic mass is 32.1. The second-order valence-electron chi connectivity index (χ2n) is 5.54. The number of amides is 1. The molecule has 0 atom stereocenters. The summed E-state index contributed by atoms with van der Waals surface area (Å²) in [5.74, 6) is 0.596. The fraction of sp³-hybridized carbons (Fsp3) is 0.294. The molecule has 5 nitrogen and oxygen atoms in total. The number of ether oxygens (including phenoxy) is 1. The number of benzene rings is 1. The largest absolute Gasteiger partial charge is 0.493 e. The lowest BCUT2D eigenvalue weighted by molar-refractivity contribution is 0.0998. The van der Waals surface area contributed by atoms with E-state index in [4.69, 9.17) is 9.15 Å². The van der Waals surface area contributed by atoms with Crippen LogP contribution < -0.4 is 10.1 Å². The molecule has 118 valence electrons. The van der Waals surface area contributed by atoms with Crippen molar-refractivity contribution < 1.29 is 13.9 Å². The Kier molecular flexibility index (Phi) is 3.53. The van der Waals surface area contributed by atoms with E-state index >= 15 is 0 Å². The first-order valence-corrected chi connectivity index (χ1v) is 8.43. The van der Waals surface area contributed by atoms with Crippen LogP contribution >= 0.6 is 11.3 Å². The third-order valence-corrected chi connectivity index (χ3v) is 5.09. The van der Waals surface area contributed by atoms with Gasteiger partial charge < -0.3 is 9.15 Å². The van der Waals surface area contributed by atoms with Gasteiger partial charge in [-0.3, -0.25) is 10.1 Å². The van der Waals surface area contributed by atoms with Crippen molar-refractivity contribution in [2.45, 2.75) is 25.7 Å². The van der Waals surface area contributed by atoms with Crippen LogP contribution in [0.3, 0.4) is 0 Å². The Bertz CT molecular complexity index is 858. The van der Waals surface area contributed by atoms with Gasteiger partial charge in [0.05, 0.1) is 12.8 Å². The third-order valence-electron chi connectivity index (χ3n) is 4.02. The Hall–Kier alpha value is -2.34. The summed E-state index contributed by atoms with van der Waals surface area (Å²) < 4.78 is 10.9. The maximum Gasteiger partial charge on any atom is 0.293 e. The number of thiazole rings is 1. The quantitative estimate of drug-likeness (QED) is 0.788. The molecule has 23 heavy (non-hydrogen) atoms. The monoisotopic (exact) mass is 328 g/mol. The third kappa shape index (κ3) is 2.59. The minimum absolute atomic E-state index is 0.262. The van der Waals surface area contributed by atoms with Crippen molar-refractivity contribution in [3.05, 3.63) is 40.6 Å². The normalized spacial score (nSPS) is 13.8. The number of nitrogens with zero attached hydrogens (tertiary/aromatic N) is 1. The zero-order chi connectivity index (χ0) is 15.8. The summed E-state index contributed by atoms with van der Waals surface area (Å²) in [5.41, 5.74) is 1.71. The highest BCUT2D eigenvalue weighted by Crippen LogP contribution is 2.31. The topological polar surface area (TPSA) is 64.4 Å². The molecule has 0 saturated heterocycles. The van der Waals surface area contributed by atoms with Gasteiger partial charge >= 0.3 is 0 Å². The highest BCUT2D eigenvalue weighted by molar-refractivity contribution is 7.15. The van der Waals surface area contributed by atoms with Crippen LogP contribution in [0.1, 0.15) is 34.0 Å². The number of carbonyl (C=O) groups is 1. The number of aryl methyl sites for hydroxylation is 2. The predicted molar refractivity (Wildman–Crippen MR) is 89.5 cm³/mol. The lowest BCUT2D eigenvalue weighted by atomic mass is 10.0. The van der Waals surface area contributed by atoms with Crippen molar-refractivity contribution in [1.82, 2.24) is 4.98 Å². The molecule has 4 rings (SSSR count). The van der Waals surface area contributed by atoms with E-state index in [2.05, 4.69) is 10.3 Å². The Balaban J connectivity index is 1.60. The van der Waals surface area contributed by atoms with Gasteiger partial charge in [0.15, 0.2) is 22.2 Å². The van der Waals surface area contributed by atoms with Crippen LogP contribution in [0.5, 0.6) is 5.75 Å².